The van der Waals surface area contributed by atoms with Crippen molar-refractivity contribution in [1.82, 2.24) is 10.2 Å². The van der Waals surface area contributed by atoms with Gasteiger partial charge in [0.2, 0.25) is 5.91 Å². The lowest BCUT2D eigenvalue weighted by Crippen LogP contribution is -2.45. The summed E-state index contributed by atoms with van der Waals surface area (Å²) in [7, 11) is 1.67. The summed E-state index contributed by atoms with van der Waals surface area (Å²) in [6.45, 7) is 5.40. The molecule has 0 unspecified atom stereocenters. The Kier molecular flexibility index (Phi) is 5.76. The summed E-state index contributed by atoms with van der Waals surface area (Å²) in [5, 5.41) is 5.46. The number of carbonyl (C=O) groups is 1. The fraction of sp³-hybridized carbons (Fsp3) is 0.450. The molecule has 1 N–H and O–H groups in total. The first-order valence-electron chi connectivity index (χ1n) is 8.87. The Labute approximate surface area is 153 Å². The van der Waals surface area contributed by atoms with Crippen LogP contribution in [-0.2, 0) is 11.2 Å². The van der Waals surface area contributed by atoms with Gasteiger partial charge >= 0.3 is 0 Å². The Balaban J connectivity index is 1.87. The molecule has 1 aliphatic heterocycles. The highest BCUT2D eigenvalue weighted by Gasteiger charge is 2.32. The van der Waals surface area contributed by atoms with Crippen molar-refractivity contribution in [3.05, 3.63) is 51.7 Å². The number of amides is 1. The quantitative estimate of drug-likeness (QED) is 0.857. The third-order valence-corrected chi connectivity index (χ3v) is 5.93. The predicted octanol–water partition coefficient (Wildman–Crippen LogP) is 3.62. The largest absolute Gasteiger partial charge is 0.497 e. The molecule has 0 fully saturated rings. The number of thiophene rings is 1. The zero-order valence-electron chi connectivity index (χ0n) is 15.1. The molecule has 1 aromatic heterocycles. The number of ether oxygens (including phenoxy) is 1. The Morgan fingerprint density at radius 3 is 2.80 bits per heavy atom. The lowest BCUT2D eigenvalue weighted by atomic mass is 9.93. The van der Waals surface area contributed by atoms with Crippen molar-refractivity contribution < 1.29 is 9.53 Å². The van der Waals surface area contributed by atoms with Crippen LogP contribution in [0.1, 0.15) is 42.3 Å². The first-order chi connectivity index (χ1) is 12.1. The topological polar surface area (TPSA) is 41.6 Å². The van der Waals surface area contributed by atoms with E-state index >= 15 is 0 Å². The van der Waals surface area contributed by atoms with Crippen LogP contribution in [0.3, 0.4) is 0 Å². The maximum Gasteiger partial charge on any atom is 0.237 e. The second kappa shape index (κ2) is 8.02. The Morgan fingerprint density at radius 2 is 2.12 bits per heavy atom. The summed E-state index contributed by atoms with van der Waals surface area (Å²) in [4.78, 5) is 16.3. The Bertz CT molecular complexity index is 711. The first kappa shape index (κ1) is 18.0. The van der Waals surface area contributed by atoms with Crippen LogP contribution in [0, 0.1) is 0 Å². The number of rotatable bonds is 6. The van der Waals surface area contributed by atoms with Gasteiger partial charge in [-0.05, 0) is 54.5 Å². The van der Waals surface area contributed by atoms with E-state index in [9.17, 15) is 4.79 Å². The SMILES string of the molecule is CC[C@@H](C)NCC(=O)N1CCc2sccc2[C@@H]1c1ccc(OC)cc1. The van der Waals surface area contributed by atoms with E-state index in [-0.39, 0.29) is 11.9 Å². The molecule has 0 bridgehead atoms. The Hall–Kier alpha value is -1.85. The molecule has 0 saturated heterocycles. The summed E-state index contributed by atoms with van der Waals surface area (Å²) in [6, 6.07) is 10.6. The van der Waals surface area contributed by atoms with Gasteiger partial charge in [0, 0.05) is 17.5 Å². The summed E-state index contributed by atoms with van der Waals surface area (Å²) in [5.41, 5.74) is 2.40. The second-order valence-electron chi connectivity index (χ2n) is 6.50. The predicted molar refractivity (Wildman–Crippen MR) is 102 cm³/mol. The summed E-state index contributed by atoms with van der Waals surface area (Å²) < 4.78 is 5.27. The van der Waals surface area contributed by atoms with Crippen LogP contribution in [0.4, 0.5) is 0 Å². The number of fused-ring (bicyclic) bond motifs is 1. The van der Waals surface area contributed by atoms with Crippen LogP contribution < -0.4 is 10.1 Å². The van der Waals surface area contributed by atoms with Crippen molar-refractivity contribution in [2.24, 2.45) is 0 Å². The van der Waals surface area contributed by atoms with Gasteiger partial charge in [-0.15, -0.1) is 11.3 Å². The number of benzene rings is 1. The average molecular weight is 359 g/mol. The standard InChI is InChI=1S/C20H26N2O2S/c1-4-14(2)21-13-19(23)22-11-9-18-17(10-12-25-18)20(22)15-5-7-16(24-3)8-6-15/h5-8,10,12,14,20-21H,4,9,11,13H2,1-3H3/t14-,20+/m1/s1. The van der Waals surface area contributed by atoms with Gasteiger partial charge < -0.3 is 15.0 Å². The number of methoxy groups -OCH3 is 1. The van der Waals surface area contributed by atoms with Gasteiger partial charge in [-0.3, -0.25) is 4.79 Å². The number of hydrogen-bond acceptors (Lipinski definition) is 4. The average Bonchev–Trinajstić information content (AvgIpc) is 3.13. The minimum Gasteiger partial charge on any atom is -0.497 e. The maximum absolute atomic E-state index is 12.9. The lowest BCUT2D eigenvalue weighted by molar-refractivity contribution is -0.132. The van der Waals surface area contributed by atoms with Gasteiger partial charge in [-0.2, -0.15) is 0 Å². The van der Waals surface area contributed by atoms with E-state index in [1.165, 1.54) is 10.4 Å². The Morgan fingerprint density at radius 1 is 1.36 bits per heavy atom. The molecule has 0 radical (unpaired) electrons. The van der Waals surface area contributed by atoms with Crippen LogP contribution in [0.15, 0.2) is 35.7 Å². The summed E-state index contributed by atoms with van der Waals surface area (Å²) >= 11 is 1.79. The molecule has 2 atom stereocenters. The van der Waals surface area contributed by atoms with Gasteiger partial charge in [0.1, 0.15) is 5.75 Å². The molecule has 1 aliphatic rings. The monoisotopic (exact) mass is 358 g/mol. The van der Waals surface area contributed by atoms with Crippen molar-refractivity contribution in [1.29, 1.82) is 0 Å². The normalized spacial score (nSPS) is 17.9. The minimum atomic E-state index is -0.00728. The molecule has 0 spiro atoms. The van der Waals surface area contributed by atoms with Crippen LogP contribution in [-0.4, -0.2) is 37.0 Å². The zero-order valence-corrected chi connectivity index (χ0v) is 15.9. The highest BCUT2D eigenvalue weighted by molar-refractivity contribution is 7.10. The minimum absolute atomic E-state index is 0.00728. The molecule has 134 valence electrons. The van der Waals surface area contributed by atoms with E-state index in [0.717, 1.165) is 30.7 Å². The van der Waals surface area contributed by atoms with Gasteiger partial charge in [0.15, 0.2) is 0 Å². The van der Waals surface area contributed by atoms with Crippen molar-refractivity contribution in [3.8, 4) is 5.75 Å². The highest BCUT2D eigenvalue weighted by Crippen LogP contribution is 2.38. The molecule has 0 aliphatic carbocycles. The zero-order chi connectivity index (χ0) is 17.8. The van der Waals surface area contributed by atoms with E-state index in [4.69, 9.17) is 4.74 Å². The fourth-order valence-corrected chi connectivity index (χ4v) is 4.14. The van der Waals surface area contributed by atoms with Crippen LogP contribution >= 0.6 is 11.3 Å². The number of nitrogens with one attached hydrogen (secondary N) is 1. The number of nitrogens with zero attached hydrogens (tertiary/aromatic N) is 1. The lowest BCUT2D eigenvalue weighted by Gasteiger charge is -2.36. The molecule has 3 rings (SSSR count). The number of carbonyl (C=O) groups excluding carboxylic acids is 1. The molecular weight excluding hydrogens is 332 g/mol. The summed E-state index contributed by atoms with van der Waals surface area (Å²) in [6.07, 6.45) is 1.96. The fourth-order valence-electron chi connectivity index (χ4n) is 3.24. The molecule has 2 heterocycles. The second-order valence-corrected chi connectivity index (χ2v) is 7.50. The van der Waals surface area contributed by atoms with Crippen molar-refractivity contribution in [3.63, 3.8) is 0 Å². The molecule has 4 nitrogen and oxygen atoms in total. The molecule has 1 amide bonds. The maximum atomic E-state index is 12.9. The van der Waals surface area contributed by atoms with Crippen molar-refractivity contribution >= 4 is 17.2 Å². The van der Waals surface area contributed by atoms with E-state index in [1.807, 2.05) is 17.0 Å². The molecule has 0 saturated carbocycles. The highest BCUT2D eigenvalue weighted by atomic mass is 32.1. The van der Waals surface area contributed by atoms with Gasteiger partial charge in [0.25, 0.3) is 0 Å². The third-order valence-electron chi connectivity index (χ3n) is 4.93. The van der Waals surface area contributed by atoms with Gasteiger partial charge in [-0.1, -0.05) is 19.1 Å². The number of hydrogen-bond donors (Lipinski definition) is 1. The van der Waals surface area contributed by atoms with Crippen LogP contribution in [0.2, 0.25) is 0 Å². The van der Waals surface area contributed by atoms with Gasteiger partial charge in [-0.25, -0.2) is 0 Å². The third kappa shape index (κ3) is 3.88. The first-order valence-corrected chi connectivity index (χ1v) is 9.75. The molecular formula is C20H26N2O2S. The summed E-state index contributed by atoms with van der Waals surface area (Å²) in [5.74, 6) is 0.999. The van der Waals surface area contributed by atoms with Crippen molar-refractivity contribution in [2.75, 3.05) is 20.2 Å². The molecule has 2 aromatic rings. The van der Waals surface area contributed by atoms with Crippen LogP contribution in [0.25, 0.3) is 0 Å². The van der Waals surface area contributed by atoms with Crippen LogP contribution in [0.5, 0.6) is 5.75 Å². The molecule has 25 heavy (non-hydrogen) atoms. The van der Waals surface area contributed by atoms with E-state index < -0.39 is 0 Å². The van der Waals surface area contributed by atoms with Gasteiger partial charge in [0.05, 0.1) is 19.7 Å². The molecule has 1 aromatic carbocycles. The van der Waals surface area contributed by atoms with E-state index in [2.05, 4.69) is 42.7 Å². The van der Waals surface area contributed by atoms with E-state index in [1.54, 1.807) is 18.4 Å². The van der Waals surface area contributed by atoms with E-state index in [0.29, 0.717) is 12.6 Å². The molecule has 5 heteroatoms. The van der Waals surface area contributed by atoms with Crippen molar-refractivity contribution in [2.45, 2.75) is 38.8 Å². The smallest absolute Gasteiger partial charge is 0.237 e.